The molecule has 0 unspecified atom stereocenters. The molecule has 4 atom stereocenters. The molecule has 3 nitrogen and oxygen atoms in total. The van der Waals surface area contributed by atoms with E-state index in [4.69, 9.17) is 9.16 Å². The van der Waals surface area contributed by atoms with Crippen molar-refractivity contribution >= 4 is 24.7 Å². The fourth-order valence-corrected chi connectivity index (χ4v) is 10.8. The van der Waals surface area contributed by atoms with Gasteiger partial charge in [0.25, 0.3) is 8.32 Å². The van der Waals surface area contributed by atoms with Gasteiger partial charge in [-0.05, 0) is 72.4 Å². The minimum Gasteiger partial charge on any atom is -0.460 e. The Bertz CT molecular complexity index is 999. The van der Waals surface area contributed by atoms with E-state index in [0.717, 1.165) is 25.7 Å². The minimum atomic E-state index is -2.76. The number of cyclic esters (lactones) is 1. The van der Waals surface area contributed by atoms with Crippen LogP contribution < -0.4 is 10.4 Å². The van der Waals surface area contributed by atoms with E-state index in [1.165, 1.54) is 23.2 Å². The van der Waals surface area contributed by atoms with Gasteiger partial charge in [-0.15, -0.1) is 0 Å². The van der Waals surface area contributed by atoms with Gasteiger partial charge in [-0.1, -0.05) is 100 Å². The normalized spacial score (nSPS) is 27.6. The van der Waals surface area contributed by atoms with Crippen molar-refractivity contribution in [1.29, 1.82) is 0 Å². The van der Waals surface area contributed by atoms with Crippen molar-refractivity contribution < 1.29 is 14.0 Å². The SMILES string of the molecule is C[C@H]1CCC/C=C/[C@@H]2CCC[C@H]2[C@H](O[Si](c2ccccc2)(c2ccccc2)C(C)(C)C)/C=C/C(=O)O1. The van der Waals surface area contributed by atoms with Crippen LogP contribution in [0.5, 0.6) is 0 Å². The first-order valence-electron chi connectivity index (χ1n) is 13.7. The van der Waals surface area contributed by atoms with E-state index < -0.39 is 8.32 Å². The van der Waals surface area contributed by atoms with Gasteiger partial charge in [0.05, 0.1) is 12.2 Å². The predicted molar refractivity (Wildman–Crippen MR) is 151 cm³/mol. The first-order valence-corrected chi connectivity index (χ1v) is 15.6. The van der Waals surface area contributed by atoms with Crippen molar-refractivity contribution in [2.75, 3.05) is 0 Å². The average molecular weight is 503 g/mol. The Balaban J connectivity index is 1.83. The molecule has 0 spiro atoms. The van der Waals surface area contributed by atoms with Crippen LogP contribution in [0.1, 0.15) is 66.2 Å². The molecule has 1 saturated carbocycles. The lowest BCUT2D eigenvalue weighted by Crippen LogP contribution is -2.68. The number of benzene rings is 2. The zero-order valence-corrected chi connectivity index (χ0v) is 23.4. The number of esters is 1. The molecular weight excluding hydrogens is 460 g/mol. The molecule has 0 amide bonds. The summed E-state index contributed by atoms with van der Waals surface area (Å²) >= 11 is 0. The molecule has 0 aromatic heterocycles. The second kappa shape index (κ2) is 11.7. The molecule has 0 bridgehead atoms. The molecule has 1 fully saturated rings. The van der Waals surface area contributed by atoms with Gasteiger partial charge < -0.3 is 9.16 Å². The van der Waals surface area contributed by atoms with Gasteiger partial charge in [0.15, 0.2) is 0 Å². The highest BCUT2D eigenvalue weighted by molar-refractivity contribution is 6.99. The van der Waals surface area contributed by atoms with Crippen LogP contribution in [-0.4, -0.2) is 26.5 Å². The highest BCUT2D eigenvalue weighted by Gasteiger charge is 2.52. The summed E-state index contributed by atoms with van der Waals surface area (Å²) in [7, 11) is -2.76. The summed E-state index contributed by atoms with van der Waals surface area (Å²) in [6.45, 7) is 8.92. The summed E-state index contributed by atoms with van der Waals surface area (Å²) in [4.78, 5) is 12.8. The minimum absolute atomic E-state index is 0.0770. The predicted octanol–water partition coefficient (Wildman–Crippen LogP) is 6.58. The van der Waals surface area contributed by atoms with E-state index in [1.54, 1.807) is 6.08 Å². The third-order valence-electron chi connectivity index (χ3n) is 7.88. The van der Waals surface area contributed by atoms with Crippen molar-refractivity contribution in [3.8, 4) is 0 Å². The van der Waals surface area contributed by atoms with Crippen molar-refractivity contribution in [1.82, 2.24) is 0 Å². The summed E-state index contributed by atoms with van der Waals surface area (Å²) in [6, 6.07) is 21.6. The number of hydrogen-bond donors (Lipinski definition) is 0. The zero-order chi connectivity index (χ0) is 25.6. The fraction of sp³-hybridized carbons (Fsp3) is 0.469. The first-order chi connectivity index (χ1) is 17.3. The van der Waals surface area contributed by atoms with Crippen LogP contribution >= 0.6 is 0 Å². The first kappa shape index (κ1) is 26.6. The number of carbonyl (C=O) groups excluding carboxylic acids is 1. The molecule has 192 valence electrons. The summed E-state index contributed by atoms with van der Waals surface area (Å²) < 4.78 is 13.2. The van der Waals surface area contributed by atoms with Gasteiger partial charge in [0.2, 0.25) is 0 Å². The van der Waals surface area contributed by atoms with Gasteiger partial charge in [-0.25, -0.2) is 4.79 Å². The number of fused-ring (bicyclic) bond motifs is 1. The van der Waals surface area contributed by atoms with E-state index >= 15 is 0 Å². The third-order valence-corrected chi connectivity index (χ3v) is 12.9. The van der Waals surface area contributed by atoms with Gasteiger partial charge in [-0.2, -0.15) is 0 Å². The lowest BCUT2D eigenvalue weighted by molar-refractivity contribution is -0.142. The van der Waals surface area contributed by atoms with E-state index in [-0.39, 0.29) is 23.2 Å². The number of allylic oxidation sites excluding steroid dienone is 2. The maximum absolute atomic E-state index is 12.8. The number of hydrogen-bond acceptors (Lipinski definition) is 3. The van der Waals surface area contributed by atoms with Crippen molar-refractivity contribution in [2.24, 2.45) is 11.8 Å². The van der Waals surface area contributed by atoms with Crippen LogP contribution in [-0.2, 0) is 14.0 Å². The van der Waals surface area contributed by atoms with Crippen molar-refractivity contribution in [3.05, 3.63) is 85.0 Å². The molecule has 2 aromatic rings. The van der Waals surface area contributed by atoms with E-state index in [2.05, 4.69) is 93.6 Å². The molecule has 2 aromatic carbocycles. The molecular formula is C32H42O3Si. The van der Waals surface area contributed by atoms with E-state index in [9.17, 15) is 4.79 Å². The third kappa shape index (κ3) is 5.92. The maximum Gasteiger partial charge on any atom is 0.330 e. The molecule has 4 rings (SSSR count). The molecule has 2 aliphatic rings. The molecule has 4 heteroatoms. The van der Waals surface area contributed by atoms with Gasteiger partial charge in [0, 0.05) is 6.08 Å². The van der Waals surface area contributed by atoms with Gasteiger partial charge >= 0.3 is 5.97 Å². The van der Waals surface area contributed by atoms with Gasteiger partial charge in [-0.3, -0.25) is 0 Å². The topological polar surface area (TPSA) is 35.5 Å². The molecule has 1 aliphatic heterocycles. The highest BCUT2D eigenvalue weighted by Crippen LogP contribution is 2.42. The molecule has 36 heavy (non-hydrogen) atoms. The summed E-state index contributed by atoms with van der Waals surface area (Å²) in [6.07, 6.45) is 14.6. The smallest absolute Gasteiger partial charge is 0.330 e. The standard InChI is InChI=1S/C32H42O3Si/c1-25-15-8-5-9-16-26-17-14-22-29(26)30(23-24-31(33)34-25)35-36(32(2,3)4,27-18-10-6-11-19-27)28-20-12-7-13-21-28/h6-7,9-13,16,18-21,23-26,29-30H,5,8,14-15,17,22H2,1-4H3/b16-9+,24-23+/t25-,26+,29+,30+/m0/s1. The fourth-order valence-electron chi connectivity index (χ4n) is 6.09. The number of carbonyl (C=O) groups is 1. The Kier molecular flexibility index (Phi) is 8.69. The van der Waals surface area contributed by atoms with E-state index in [1.807, 2.05) is 13.0 Å². The number of rotatable bonds is 4. The number of ether oxygens (including phenoxy) is 1. The molecule has 0 N–H and O–H groups in total. The molecule has 0 saturated heterocycles. The largest absolute Gasteiger partial charge is 0.460 e. The Morgan fingerprint density at radius 2 is 1.50 bits per heavy atom. The Morgan fingerprint density at radius 3 is 2.11 bits per heavy atom. The Morgan fingerprint density at radius 1 is 0.861 bits per heavy atom. The lowest BCUT2D eigenvalue weighted by Gasteiger charge is -2.46. The molecule has 1 aliphatic carbocycles. The van der Waals surface area contributed by atoms with Crippen LogP contribution in [0.3, 0.4) is 0 Å². The monoisotopic (exact) mass is 502 g/mol. The Hall–Kier alpha value is -2.43. The van der Waals surface area contributed by atoms with Crippen LogP contribution in [0.15, 0.2) is 85.0 Å². The summed E-state index contributed by atoms with van der Waals surface area (Å²) in [5.41, 5.74) is 0. The molecule has 1 heterocycles. The van der Waals surface area contributed by atoms with E-state index in [0.29, 0.717) is 11.8 Å². The summed E-state index contributed by atoms with van der Waals surface area (Å²) in [5.74, 6) is 0.539. The molecule has 0 radical (unpaired) electrons. The summed E-state index contributed by atoms with van der Waals surface area (Å²) in [5, 5.41) is 2.41. The lowest BCUT2D eigenvalue weighted by atomic mass is 9.90. The maximum atomic E-state index is 12.8. The Labute approximate surface area is 218 Å². The van der Waals surface area contributed by atoms with Crippen LogP contribution in [0.25, 0.3) is 0 Å². The second-order valence-electron chi connectivity index (χ2n) is 11.5. The van der Waals surface area contributed by atoms with Crippen molar-refractivity contribution in [2.45, 2.75) is 83.5 Å². The van der Waals surface area contributed by atoms with Crippen molar-refractivity contribution in [3.63, 3.8) is 0 Å². The van der Waals surface area contributed by atoms with Gasteiger partial charge in [0.1, 0.15) is 0 Å². The quantitative estimate of drug-likeness (QED) is 0.269. The highest BCUT2D eigenvalue weighted by atomic mass is 28.4. The average Bonchev–Trinajstić information content (AvgIpc) is 3.32. The van der Waals surface area contributed by atoms with Crippen LogP contribution in [0.2, 0.25) is 5.04 Å². The zero-order valence-electron chi connectivity index (χ0n) is 22.4. The van der Waals surface area contributed by atoms with Crippen LogP contribution in [0.4, 0.5) is 0 Å². The second-order valence-corrected chi connectivity index (χ2v) is 15.7. The van der Waals surface area contributed by atoms with Crippen LogP contribution in [0, 0.1) is 11.8 Å².